The van der Waals surface area contributed by atoms with Gasteiger partial charge in [-0.3, -0.25) is 4.79 Å². The number of para-hydroxylation sites is 1. The lowest BCUT2D eigenvalue weighted by Crippen LogP contribution is -2.47. The van der Waals surface area contributed by atoms with E-state index in [1.807, 2.05) is 30.3 Å². The van der Waals surface area contributed by atoms with Gasteiger partial charge in [0.05, 0.1) is 13.2 Å². The molecule has 0 aliphatic carbocycles. The molecule has 1 fully saturated rings. The maximum absolute atomic E-state index is 12.4. The average Bonchev–Trinajstić information content (AvgIpc) is 2.48. The Morgan fingerprint density at radius 2 is 2.05 bits per heavy atom. The van der Waals surface area contributed by atoms with Gasteiger partial charge in [-0.15, -0.1) is 6.58 Å². The number of amides is 1. The smallest absolute Gasteiger partial charge is 0.264 e. The van der Waals surface area contributed by atoms with Gasteiger partial charge in [-0.05, 0) is 12.1 Å². The zero-order chi connectivity index (χ0) is 13.5. The Balaban J connectivity index is 2.02. The molecular weight excluding hydrogens is 242 g/mol. The van der Waals surface area contributed by atoms with Crippen molar-refractivity contribution in [3.63, 3.8) is 0 Å². The Morgan fingerprint density at radius 3 is 2.68 bits per heavy atom. The summed E-state index contributed by atoms with van der Waals surface area (Å²) in [5.74, 6) is 0.711. The van der Waals surface area contributed by atoms with Gasteiger partial charge >= 0.3 is 0 Å². The van der Waals surface area contributed by atoms with E-state index in [1.165, 1.54) is 0 Å². The summed E-state index contributed by atoms with van der Waals surface area (Å²) in [6.45, 7) is 6.14. The van der Waals surface area contributed by atoms with Crippen LogP contribution in [-0.2, 0) is 9.53 Å². The van der Waals surface area contributed by atoms with Crippen LogP contribution in [0.25, 0.3) is 0 Å². The van der Waals surface area contributed by atoms with Gasteiger partial charge in [0.15, 0.2) is 6.10 Å². The standard InChI is InChI=1S/C15H19NO3/c1-2-6-14(19-13-7-4-3-5-8-13)15(17)16-9-11-18-12-10-16/h2-5,7-8,14H,1,6,9-12H2/t14-/m0/s1. The second kappa shape index (κ2) is 6.95. The quantitative estimate of drug-likeness (QED) is 0.760. The molecule has 102 valence electrons. The summed E-state index contributed by atoms with van der Waals surface area (Å²) >= 11 is 0. The molecular formula is C15H19NO3. The van der Waals surface area contributed by atoms with Crippen LogP contribution in [0, 0.1) is 0 Å². The van der Waals surface area contributed by atoms with Gasteiger partial charge in [-0.25, -0.2) is 0 Å². The molecule has 0 radical (unpaired) electrons. The van der Waals surface area contributed by atoms with Gasteiger partial charge in [0.1, 0.15) is 5.75 Å². The van der Waals surface area contributed by atoms with Crippen LogP contribution in [0.4, 0.5) is 0 Å². The van der Waals surface area contributed by atoms with E-state index in [2.05, 4.69) is 6.58 Å². The van der Waals surface area contributed by atoms with E-state index in [0.29, 0.717) is 38.5 Å². The molecule has 0 aromatic heterocycles. The number of rotatable bonds is 5. The molecule has 1 aliphatic heterocycles. The molecule has 1 atom stereocenters. The summed E-state index contributed by atoms with van der Waals surface area (Å²) in [5.41, 5.74) is 0. The molecule has 1 aromatic carbocycles. The molecule has 0 unspecified atom stereocenters. The number of ether oxygens (including phenoxy) is 2. The highest BCUT2D eigenvalue weighted by Gasteiger charge is 2.26. The second-order valence-electron chi connectivity index (χ2n) is 4.38. The first-order chi connectivity index (χ1) is 9.31. The first-order valence-electron chi connectivity index (χ1n) is 6.50. The summed E-state index contributed by atoms with van der Waals surface area (Å²) in [7, 11) is 0. The number of morpholine rings is 1. The summed E-state index contributed by atoms with van der Waals surface area (Å²) in [6, 6.07) is 9.39. The summed E-state index contributed by atoms with van der Waals surface area (Å²) in [5, 5.41) is 0. The third-order valence-electron chi connectivity index (χ3n) is 3.00. The molecule has 0 bridgehead atoms. The molecule has 1 saturated heterocycles. The predicted octanol–water partition coefficient (Wildman–Crippen LogP) is 1.87. The Hall–Kier alpha value is -1.81. The van der Waals surface area contributed by atoms with Crippen LogP contribution < -0.4 is 4.74 Å². The van der Waals surface area contributed by atoms with E-state index in [-0.39, 0.29) is 5.91 Å². The van der Waals surface area contributed by atoms with Crippen molar-refractivity contribution in [2.45, 2.75) is 12.5 Å². The minimum atomic E-state index is -0.502. The van der Waals surface area contributed by atoms with Gasteiger partial charge in [0.25, 0.3) is 5.91 Å². The predicted molar refractivity (Wildman–Crippen MR) is 73.1 cm³/mol. The van der Waals surface area contributed by atoms with Gasteiger partial charge < -0.3 is 14.4 Å². The highest BCUT2D eigenvalue weighted by atomic mass is 16.5. The molecule has 0 spiro atoms. The van der Waals surface area contributed by atoms with Crippen molar-refractivity contribution in [3.8, 4) is 5.75 Å². The molecule has 0 N–H and O–H groups in total. The van der Waals surface area contributed by atoms with Crippen LogP contribution in [0.5, 0.6) is 5.75 Å². The summed E-state index contributed by atoms with van der Waals surface area (Å²) < 4.78 is 11.0. The Labute approximate surface area is 113 Å². The maximum Gasteiger partial charge on any atom is 0.264 e. The number of hydrogen-bond donors (Lipinski definition) is 0. The first-order valence-corrected chi connectivity index (χ1v) is 6.50. The van der Waals surface area contributed by atoms with Crippen molar-refractivity contribution in [1.82, 2.24) is 4.90 Å². The van der Waals surface area contributed by atoms with Crippen LogP contribution in [0.2, 0.25) is 0 Å². The lowest BCUT2D eigenvalue weighted by molar-refractivity contribution is -0.142. The Kier molecular flexibility index (Phi) is 4.98. The van der Waals surface area contributed by atoms with Crippen molar-refractivity contribution >= 4 is 5.91 Å². The number of hydrogen-bond acceptors (Lipinski definition) is 3. The fraction of sp³-hybridized carbons (Fsp3) is 0.400. The van der Waals surface area contributed by atoms with Crippen molar-refractivity contribution < 1.29 is 14.3 Å². The lowest BCUT2D eigenvalue weighted by atomic mass is 10.2. The van der Waals surface area contributed by atoms with Crippen molar-refractivity contribution in [2.75, 3.05) is 26.3 Å². The van der Waals surface area contributed by atoms with Gasteiger partial charge in [-0.1, -0.05) is 24.3 Å². The SMILES string of the molecule is C=CC[C@H](Oc1ccccc1)C(=O)N1CCOCC1. The minimum Gasteiger partial charge on any atom is -0.480 e. The highest BCUT2D eigenvalue weighted by molar-refractivity contribution is 5.81. The number of benzene rings is 1. The van der Waals surface area contributed by atoms with E-state index in [0.717, 1.165) is 0 Å². The molecule has 19 heavy (non-hydrogen) atoms. The fourth-order valence-corrected chi connectivity index (χ4v) is 2.00. The van der Waals surface area contributed by atoms with Crippen molar-refractivity contribution in [3.05, 3.63) is 43.0 Å². The molecule has 1 aliphatic rings. The van der Waals surface area contributed by atoms with Crippen molar-refractivity contribution in [1.29, 1.82) is 0 Å². The highest BCUT2D eigenvalue weighted by Crippen LogP contribution is 2.15. The van der Waals surface area contributed by atoms with E-state index in [4.69, 9.17) is 9.47 Å². The third-order valence-corrected chi connectivity index (χ3v) is 3.00. The topological polar surface area (TPSA) is 38.8 Å². The largest absolute Gasteiger partial charge is 0.480 e. The first kappa shape index (κ1) is 13.6. The number of carbonyl (C=O) groups is 1. The van der Waals surface area contributed by atoms with Gasteiger partial charge in [0.2, 0.25) is 0 Å². The fourth-order valence-electron chi connectivity index (χ4n) is 2.00. The number of carbonyl (C=O) groups excluding carboxylic acids is 1. The molecule has 1 aromatic rings. The molecule has 2 rings (SSSR count). The minimum absolute atomic E-state index is 0.00653. The third kappa shape index (κ3) is 3.83. The van der Waals surface area contributed by atoms with E-state index in [1.54, 1.807) is 11.0 Å². The maximum atomic E-state index is 12.4. The average molecular weight is 261 g/mol. The monoisotopic (exact) mass is 261 g/mol. The van der Waals surface area contributed by atoms with Crippen LogP contribution >= 0.6 is 0 Å². The second-order valence-corrected chi connectivity index (χ2v) is 4.38. The van der Waals surface area contributed by atoms with Crippen LogP contribution in [0.15, 0.2) is 43.0 Å². The zero-order valence-corrected chi connectivity index (χ0v) is 11.0. The normalized spacial score (nSPS) is 16.7. The van der Waals surface area contributed by atoms with E-state index >= 15 is 0 Å². The summed E-state index contributed by atoms with van der Waals surface area (Å²) in [6.07, 6.45) is 1.72. The van der Waals surface area contributed by atoms with E-state index < -0.39 is 6.10 Å². The molecule has 0 saturated carbocycles. The molecule has 4 heteroatoms. The van der Waals surface area contributed by atoms with Crippen LogP contribution in [-0.4, -0.2) is 43.2 Å². The molecule has 1 heterocycles. The Bertz CT molecular complexity index is 413. The van der Waals surface area contributed by atoms with Gasteiger partial charge in [-0.2, -0.15) is 0 Å². The number of nitrogens with zero attached hydrogens (tertiary/aromatic N) is 1. The van der Waals surface area contributed by atoms with Crippen molar-refractivity contribution in [2.24, 2.45) is 0 Å². The molecule has 4 nitrogen and oxygen atoms in total. The van der Waals surface area contributed by atoms with Crippen LogP contribution in [0.3, 0.4) is 0 Å². The Morgan fingerprint density at radius 1 is 1.37 bits per heavy atom. The van der Waals surface area contributed by atoms with Crippen LogP contribution in [0.1, 0.15) is 6.42 Å². The molecule has 1 amide bonds. The van der Waals surface area contributed by atoms with Gasteiger partial charge in [0, 0.05) is 19.5 Å². The lowest BCUT2D eigenvalue weighted by Gasteiger charge is -2.30. The van der Waals surface area contributed by atoms with E-state index in [9.17, 15) is 4.79 Å². The summed E-state index contributed by atoms with van der Waals surface area (Å²) in [4.78, 5) is 14.2. The zero-order valence-electron chi connectivity index (χ0n) is 11.0.